The molecular formula is C12H14O. The second kappa shape index (κ2) is 3.25. The summed E-state index contributed by atoms with van der Waals surface area (Å²) >= 11 is 0. The van der Waals surface area contributed by atoms with Crippen molar-refractivity contribution in [3.63, 3.8) is 0 Å². The molecule has 0 spiro atoms. The number of ether oxygens (including phenoxy) is 1. The smallest absolute Gasteiger partial charge is 0.127 e. The fourth-order valence-electron chi connectivity index (χ4n) is 1.49. The van der Waals surface area contributed by atoms with Crippen LogP contribution < -0.4 is 4.74 Å². The molecule has 2 rings (SSSR count). The minimum atomic E-state index is 0.569. The van der Waals surface area contributed by atoms with Crippen LogP contribution in [0.2, 0.25) is 0 Å². The van der Waals surface area contributed by atoms with Gasteiger partial charge in [0.15, 0.2) is 0 Å². The van der Waals surface area contributed by atoms with Gasteiger partial charge in [-0.3, -0.25) is 0 Å². The van der Waals surface area contributed by atoms with Crippen molar-refractivity contribution in [1.29, 1.82) is 0 Å². The highest BCUT2D eigenvalue weighted by Crippen LogP contribution is 2.27. The van der Waals surface area contributed by atoms with Gasteiger partial charge in [0.1, 0.15) is 12.4 Å². The average Bonchev–Trinajstić information content (AvgIpc) is 2.17. The molecule has 0 radical (unpaired) electrons. The Morgan fingerprint density at radius 2 is 2.15 bits per heavy atom. The van der Waals surface area contributed by atoms with E-state index in [-0.39, 0.29) is 0 Å². The van der Waals surface area contributed by atoms with Crippen LogP contribution in [0.4, 0.5) is 0 Å². The van der Waals surface area contributed by atoms with E-state index in [1.807, 2.05) is 6.08 Å². The third-order valence-electron chi connectivity index (χ3n) is 2.34. The van der Waals surface area contributed by atoms with Gasteiger partial charge in [-0.2, -0.15) is 0 Å². The fraction of sp³-hybridized carbons (Fsp3) is 0.333. The molecule has 0 aliphatic carbocycles. The molecule has 0 N–H and O–H groups in total. The standard InChI is InChI=1S/C12H14O/c1-9(2)11-6-5-10-4-3-7-13-12(10)8-11/h3-6,8-9H,7H2,1-2H3. The van der Waals surface area contributed by atoms with Gasteiger partial charge in [0.25, 0.3) is 0 Å². The summed E-state index contributed by atoms with van der Waals surface area (Å²) in [5.74, 6) is 1.59. The maximum Gasteiger partial charge on any atom is 0.127 e. The molecule has 1 nitrogen and oxygen atoms in total. The summed E-state index contributed by atoms with van der Waals surface area (Å²) in [5.41, 5.74) is 2.53. The first-order valence-corrected chi connectivity index (χ1v) is 4.70. The van der Waals surface area contributed by atoms with E-state index in [0.29, 0.717) is 12.5 Å². The molecule has 0 saturated heterocycles. The van der Waals surface area contributed by atoms with Crippen molar-refractivity contribution in [3.8, 4) is 5.75 Å². The number of hydrogen-bond acceptors (Lipinski definition) is 1. The van der Waals surface area contributed by atoms with Crippen molar-refractivity contribution in [2.24, 2.45) is 0 Å². The Morgan fingerprint density at radius 1 is 1.31 bits per heavy atom. The van der Waals surface area contributed by atoms with Crippen LogP contribution in [0, 0.1) is 0 Å². The molecule has 1 aliphatic rings. The van der Waals surface area contributed by atoms with E-state index in [2.05, 4.69) is 38.1 Å². The number of benzene rings is 1. The zero-order valence-corrected chi connectivity index (χ0v) is 8.08. The predicted octanol–water partition coefficient (Wildman–Crippen LogP) is 3.22. The maximum absolute atomic E-state index is 5.53. The van der Waals surface area contributed by atoms with Crippen LogP contribution in [0.25, 0.3) is 6.08 Å². The molecule has 1 aromatic rings. The van der Waals surface area contributed by atoms with E-state index in [4.69, 9.17) is 4.74 Å². The van der Waals surface area contributed by atoms with Gasteiger partial charge in [-0.1, -0.05) is 32.1 Å². The van der Waals surface area contributed by atoms with Gasteiger partial charge >= 0.3 is 0 Å². The highest BCUT2D eigenvalue weighted by Gasteiger charge is 2.07. The molecule has 0 aromatic heterocycles. The monoisotopic (exact) mass is 174 g/mol. The summed E-state index contributed by atoms with van der Waals surface area (Å²) in [6.07, 6.45) is 4.15. The van der Waals surface area contributed by atoms with Gasteiger partial charge < -0.3 is 4.74 Å². The molecule has 13 heavy (non-hydrogen) atoms. The van der Waals surface area contributed by atoms with Crippen molar-refractivity contribution in [3.05, 3.63) is 35.4 Å². The van der Waals surface area contributed by atoms with E-state index in [0.717, 1.165) is 5.75 Å². The number of rotatable bonds is 1. The average molecular weight is 174 g/mol. The zero-order valence-electron chi connectivity index (χ0n) is 8.08. The SMILES string of the molecule is CC(C)c1ccc2c(c1)OCC=C2. The van der Waals surface area contributed by atoms with E-state index in [1.54, 1.807) is 0 Å². The Labute approximate surface area is 79.0 Å². The summed E-state index contributed by atoms with van der Waals surface area (Å²) in [4.78, 5) is 0. The Balaban J connectivity index is 2.42. The maximum atomic E-state index is 5.53. The second-order valence-corrected chi connectivity index (χ2v) is 3.67. The van der Waals surface area contributed by atoms with Crippen molar-refractivity contribution >= 4 is 6.08 Å². The zero-order chi connectivity index (χ0) is 9.26. The number of hydrogen-bond donors (Lipinski definition) is 0. The van der Waals surface area contributed by atoms with Crippen LogP contribution in [0.1, 0.15) is 30.9 Å². The van der Waals surface area contributed by atoms with Crippen LogP contribution in [0.5, 0.6) is 5.75 Å². The third kappa shape index (κ3) is 1.59. The Hall–Kier alpha value is -1.24. The first-order chi connectivity index (χ1) is 6.27. The van der Waals surface area contributed by atoms with Crippen LogP contribution in [-0.4, -0.2) is 6.61 Å². The normalized spacial score (nSPS) is 14.1. The highest BCUT2D eigenvalue weighted by atomic mass is 16.5. The summed E-state index contributed by atoms with van der Waals surface area (Å²) in [7, 11) is 0. The molecule has 1 heterocycles. The fourth-order valence-corrected chi connectivity index (χ4v) is 1.49. The molecule has 1 heteroatoms. The topological polar surface area (TPSA) is 9.23 Å². The van der Waals surface area contributed by atoms with Gasteiger partial charge in [0.2, 0.25) is 0 Å². The Bertz CT molecular complexity index is 337. The molecule has 0 fully saturated rings. The largest absolute Gasteiger partial charge is 0.489 e. The molecule has 0 unspecified atom stereocenters. The van der Waals surface area contributed by atoms with Gasteiger partial charge in [-0.15, -0.1) is 0 Å². The molecule has 0 saturated carbocycles. The first kappa shape index (κ1) is 8.36. The minimum absolute atomic E-state index is 0.569. The summed E-state index contributed by atoms with van der Waals surface area (Å²) in [6.45, 7) is 5.09. The van der Waals surface area contributed by atoms with Gasteiger partial charge in [-0.25, -0.2) is 0 Å². The lowest BCUT2D eigenvalue weighted by atomic mass is 10.0. The number of fused-ring (bicyclic) bond motifs is 1. The molecular weight excluding hydrogens is 160 g/mol. The predicted molar refractivity (Wildman–Crippen MR) is 55.1 cm³/mol. The Kier molecular flexibility index (Phi) is 2.09. The highest BCUT2D eigenvalue weighted by molar-refractivity contribution is 5.60. The van der Waals surface area contributed by atoms with Crippen LogP contribution >= 0.6 is 0 Å². The van der Waals surface area contributed by atoms with Gasteiger partial charge in [-0.05, 0) is 23.6 Å². The summed E-state index contributed by atoms with van der Waals surface area (Å²) in [6, 6.07) is 6.44. The van der Waals surface area contributed by atoms with Crippen molar-refractivity contribution in [1.82, 2.24) is 0 Å². The lowest BCUT2D eigenvalue weighted by molar-refractivity contribution is 0.358. The van der Waals surface area contributed by atoms with Crippen LogP contribution in [0.3, 0.4) is 0 Å². The van der Waals surface area contributed by atoms with Crippen molar-refractivity contribution < 1.29 is 4.74 Å². The third-order valence-corrected chi connectivity index (χ3v) is 2.34. The van der Waals surface area contributed by atoms with Crippen molar-refractivity contribution in [2.75, 3.05) is 6.61 Å². The lowest BCUT2D eigenvalue weighted by Gasteiger charge is -2.14. The van der Waals surface area contributed by atoms with Gasteiger partial charge in [0, 0.05) is 5.56 Å². The first-order valence-electron chi connectivity index (χ1n) is 4.70. The molecule has 0 bridgehead atoms. The van der Waals surface area contributed by atoms with Crippen LogP contribution in [-0.2, 0) is 0 Å². The van der Waals surface area contributed by atoms with Crippen LogP contribution in [0.15, 0.2) is 24.3 Å². The minimum Gasteiger partial charge on any atom is -0.489 e. The van der Waals surface area contributed by atoms with E-state index in [1.165, 1.54) is 11.1 Å². The van der Waals surface area contributed by atoms with E-state index >= 15 is 0 Å². The summed E-state index contributed by atoms with van der Waals surface area (Å²) < 4.78 is 5.53. The molecule has 0 amide bonds. The van der Waals surface area contributed by atoms with Gasteiger partial charge in [0.05, 0.1) is 0 Å². The second-order valence-electron chi connectivity index (χ2n) is 3.67. The lowest BCUT2D eigenvalue weighted by Crippen LogP contribution is -2.01. The quantitative estimate of drug-likeness (QED) is 0.635. The molecule has 0 atom stereocenters. The molecule has 1 aliphatic heterocycles. The van der Waals surface area contributed by atoms with E-state index < -0.39 is 0 Å². The van der Waals surface area contributed by atoms with E-state index in [9.17, 15) is 0 Å². The summed E-state index contributed by atoms with van der Waals surface area (Å²) in [5, 5.41) is 0. The Morgan fingerprint density at radius 3 is 2.92 bits per heavy atom. The van der Waals surface area contributed by atoms with Crippen molar-refractivity contribution in [2.45, 2.75) is 19.8 Å². The molecule has 1 aromatic carbocycles. The molecule has 68 valence electrons.